The van der Waals surface area contributed by atoms with E-state index in [0.717, 1.165) is 38.4 Å². The third-order valence-electron chi connectivity index (χ3n) is 5.37. The van der Waals surface area contributed by atoms with Crippen molar-refractivity contribution in [3.8, 4) is 0 Å². The number of aryl methyl sites for hydroxylation is 2. The average molecular weight is 490 g/mol. The van der Waals surface area contributed by atoms with Crippen molar-refractivity contribution in [3.05, 3.63) is 17.0 Å². The maximum atomic E-state index is 4.89. The van der Waals surface area contributed by atoms with Gasteiger partial charge in [-0.25, -0.2) is 4.99 Å². The van der Waals surface area contributed by atoms with Crippen molar-refractivity contribution in [3.63, 3.8) is 0 Å². The van der Waals surface area contributed by atoms with Crippen molar-refractivity contribution in [2.45, 2.75) is 78.9 Å². The van der Waals surface area contributed by atoms with Gasteiger partial charge in [0.25, 0.3) is 0 Å². The molecule has 1 aliphatic heterocycles. The van der Waals surface area contributed by atoms with Crippen LogP contribution in [-0.2, 0) is 26.4 Å². The summed E-state index contributed by atoms with van der Waals surface area (Å²) in [5, 5.41) is 11.7. The van der Waals surface area contributed by atoms with E-state index in [1.54, 1.807) is 0 Å². The van der Waals surface area contributed by atoms with Gasteiger partial charge in [-0.05, 0) is 46.5 Å². The lowest BCUT2D eigenvalue weighted by Gasteiger charge is -2.35. The van der Waals surface area contributed by atoms with E-state index < -0.39 is 0 Å². The van der Waals surface area contributed by atoms with Crippen LogP contribution in [0.2, 0.25) is 0 Å². The first-order valence-corrected chi connectivity index (χ1v) is 10.3. The standard InChI is InChI=1S/C20H38N6.HI/c1-7-18-17(19(8-2)25(6)24-18)14-22-20(21-9-3)23-16-10-12-26(13-11-16)15(4)5;/h15-16H,7-14H2,1-6H3,(H2,21,22,23);1H. The smallest absolute Gasteiger partial charge is 0.191 e. The van der Waals surface area contributed by atoms with Gasteiger partial charge in [0.15, 0.2) is 5.96 Å². The third-order valence-corrected chi connectivity index (χ3v) is 5.37. The van der Waals surface area contributed by atoms with E-state index in [4.69, 9.17) is 4.99 Å². The molecule has 0 aliphatic carbocycles. The summed E-state index contributed by atoms with van der Waals surface area (Å²) < 4.78 is 2.02. The number of hydrogen-bond donors (Lipinski definition) is 2. The van der Waals surface area contributed by atoms with Crippen LogP contribution in [0.4, 0.5) is 0 Å². The van der Waals surface area contributed by atoms with Crippen LogP contribution in [0.1, 0.15) is 64.4 Å². The molecule has 6 nitrogen and oxygen atoms in total. The Kier molecular flexibility index (Phi) is 10.7. The molecule has 0 spiro atoms. The number of aromatic nitrogens is 2. The van der Waals surface area contributed by atoms with Crippen LogP contribution in [0, 0.1) is 0 Å². The van der Waals surface area contributed by atoms with Crippen molar-refractivity contribution in [2.75, 3.05) is 19.6 Å². The quantitative estimate of drug-likeness (QED) is 0.351. The summed E-state index contributed by atoms with van der Waals surface area (Å²) in [4.78, 5) is 7.44. The van der Waals surface area contributed by atoms with Crippen LogP contribution in [0.25, 0.3) is 0 Å². The van der Waals surface area contributed by atoms with Crippen LogP contribution in [0.3, 0.4) is 0 Å². The predicted molar refractivity (Wildman–Crippen MR) is 125 cm³/mol. The highest BCUT2D eigenvalue weighted by molar-refractivity contribution is 14.0. The molecule has 156 valence electrons. The van der Waals surface area contributed by atoms with Crippen molar-refractivity contribution in [1.82, 2.24) is 25.3 Å². The van der Waals surface area contributed by atoms with Gasteiger partial charge in [-0.15, -0.1) is 24.0 Å². The second kappa shape index (κ2) is 11.9. The summed E-state index contributed by atoms with van der Waals surface area (Å²) in [5.41, 5.74) is 3.77. The highest BCUT2D eigenvalue weighted by atomic mass is 127. The Morgan fingerprint density at radius 2 is 1.85 bits per heavy atom. The van der Waals surface area contributed by atoms with Gasteiger partial charge in [0, 0.05) is 50.0 Å². The molecule has 2 heterocycles. The Morgan fingerprint density at radius 1 is 1.19 bits per heavy atom. The van der Waals surface area contributed by atoms with Gasteiger partial charge in [0.2, 0.25) is 0 Å². The molecule has 0 aromatic carbocycles. The number of likely N-dealkylation sites (tertiary alicyclic amines) is 1. The second-order valence-corrected chi connectivity index (χ2v) is 7.45. The Morgan fingerprint density at radius 3 is 2.37 bits per heavy atom. The number of rotatable bonds is 7. The van der Waals surface area contributed by atoms with E-state index >= 15 is 0 Å². The minimum absolute atomic E-state index is 0. The van der Waals surface area contributed by atoms with Crippen LogP contribution < -0.4 is 10.6 Å². The van der Waals surface area contributed by atoms with Gasteiger partial charge in [-0.2, -0.15) is 5.10 Å². The molecular weight excluding hydrogens is 451 g/mol. The molecular formula is C20H39IN6. The van der Waals surface area contributed by atoms with Crippen molar-refractivity contribution >= 4 is 29.9 Å². The number of nitrogens with zero attached hydrogens (tertiary/aromatic N) is 4. The molecule has 0 radical (unpaired) electrons. The number of piperidine rings is 1. The van der Waals surface area contributed by atoms with Gasteiger partial charge < -0.3 is 15.5 Å². The zero-order valence-electron chi connectivity index (χ0n) is 18.0. The van der Waals surface area contributed by atoms with Crippen molar-refractivity contribution in [1.29, 1.82) is 0 Å². The first-order valence-electron chi connectivity index (χ1n) is 10.3. The van der Waals surface area contributed by atoms with E-state index in [9.17, 15) is 0 Å². The van der Waals surface area contributed by atoms with E-state index in [1.165, 1.54) is 29.8 Å². The van der Waals surface area contributed by atoms with Crippen LogP contribution in [0.5, 0.6) is 0 Å². The zero-order valence-corrected chi connectivity index (χ0v) is 20.3. The van der Waals surface area contributed by atoms with Crippen LogP contribution in [-0.4, -0.2) is 52.4 Å². The number of hydrogen-bond acceptors (Lipinski definition) is 3. The van der Waals surface area contributed by atoms with Gasteiger partial charge >= 0.3 is 0 Å². The van der Waals surface area contributed by atoms with E-state index in [2.05, 4.69) is 55.3 Å². The van der Waals surface area contributed by atoms with Crippen LogP contribution >= 0.6 is 24.0 Å². The highest BCUT2D eigenvalue weighted by Crippen LogP contribution is 2.17. The molecule has 1 saturated heterocycles. The predicted octanol–water partition coefficient (Wildman–Crippen LogP) is 3.09. The Bertz CT molecular complexity index is 588. The fourth-order valence-corrected chi connectivity index (χ4v) is 3.80. The normalized spacial score (nSPS) is 16.5. The minimum atomic E-state index is 0. The second-order valence-electron chi connectivity index (χ2n) is 7.45. The summed E-state index contributed by atoms with van der Waals surface area (Å²) in [7, 11) is 2.04. The molecule has 1 aliphatic rings. The lowest BCUT2D eigenvalue weighted by Crippen LogP contribution is -2.49. The molecule has 27 heavy (non-hydrogen) atoms. The molecule has 0 bridgehead atoms. The van der Waals surface area contributed by atoms with Gasteiger partial charge in [0.05, 0.1) is 12.2 Å². The molecule has 1 aromatic heterocycles. The number of guanidine groups is 1. The summed E-state index contributed by atoms with van der Waals surface area (Å²) in [5.74, 6) is 0.934. The summed E-state index contributed by atoms with van der Waals surface area (Å²) in [6.45, 7) is 14.9. The Balaban J connectivity index is 0.00000364. The molecule has 2 rings (SSSR count). The van der Waals surface area contributed by atoms with Crippen molar-refractivity contribution < 1.29 is 0 Å². The summed E-state index contributed by atoms with van der Waals surface area (Å²) in [6.07, 6.45) is 4.30. The first-order chi connectivity index (χ1) is 12.5. The number of halogens is 1. The molecule has 0 amide bonds. The topological polar surface area (TPSA) is 57.5 Å². The fraction of sp³-hybridized carbons (Fsp3) is 0.800. The number of aliphatic imine (C=N–C) groups is 1. The molecule has 1 aromatic rings. The van der Waals surface area contributed by atoms with Gasteiger partial charge in [-0.1, -0.05) is 13.8 Å². The molecule has 0 saturated carbocycles. The van der Waals surface area contributed by atoms with Crippen LogP contribution in [0.15, 0.2) is 4.99 Å². The molecule has 0 atom stereocenters. The lowest BCUT2D eigenvalue weighted by atomic mass is 10.0. The van der Waals surface area contributed by atoms with E-state index in [1.807, 2.05) is 11.7 Å². The maximum absolute atomic E-state index is 4.89. The fourth-order valence-electron chi connectivity index (χ4n) is 3.80. The van der Waals surface area contributed by atoms with Gasteiger partial charge in [-0.3, -0.25) is 4.68 Å². The molecule has 0 unspecified atom stereocenters. The largest absolute Gasteiger partial charge is 0.357 e. The zero-order chi connectivity index (χ0) is 19.1. The molecule has 1 fully saturated rings. The highest BCUT2D eigenvalue weighted by Gasteiger charge is 2.21. The SMILES string of the molecule is CCNC(=NCc1c(CC)nn(C)c1CC)NC1CCN(C(C)C)CC1.I. The van der Waals surface area contributed by atoms with Crippen molar-refractivity contribution in [2.24, 2.45) is 12.0 Å². The number of nitrogens with one attached hydrogen (secondary N) is 2. The maximum Gasteiger partial charge on any atom is 0.191 e. The third kappa shape index (κ3) is 6.62. The van der Waals surface area contributed by atoms with E-state index in [0.29, 0.717) is 18.6 Å². The first kappa shape index (κ1) is 24.2. The summed E-state index contributed by atoms with van der Waals surface area (Å²) in [6, 6.07) is 1.15. The Hall–Kier alpha value is -0.830. The Labute approximate surface area is 182 Å². The van der Waals surface area contributed by atoms with Gasteiger partial charge in [0.1, 0.15) is 0 Å². The molecule has 2 N–H and O–H groups in total. The summed E-state index contributed by atoms with van der Waals surface area (Å²) >= 11 is 0. The average Bonchev–Trinajstić information content (AvgIpc) is 2.95. The monoisotopic (exact) mass is 490 g/mol. The van der Waals surface area contributed by atoms with E-state index in [-0.39, 0.29) is 24.0 Å². The molecule has 7 heteroatoms. The lowest BCUT2D eigenvalue weighted by molar-refractivity contribution is 0.167. The minimum Gasteiger partial charge on any atom is -0.357 e.